The molecule has 1 aliphatic carbocycles. The van der Waals surface area contributed by atoms with E-state index < -0.39 is 6.04 Å². The molecule has 1 heterocycles. The van der Waals surface area contributed by atoms with Crippen LogP contribution >= 0.6 is 0 Å². The van der Waals surface area contributed by atoms with E-state index in [0.717, 1.165) is 41.4 Å². The Labute approximate surface area is 202 Å². The van der Waals surface area contributed by atoms with Gasteiger partial charge in [-0.2, -0.15) is 0 Å². The van der Waals surface area contributed by atoms with Crippen LogP contribution in [0.2, 0.25) is 0 Å². The molecule has 2 aromatic carbocycles. The van der Waals surface area contributed by atoms with Gasteiger partial charge in [0.1, 0.15) is 11.7 Å². The minimum absolute atomic E-state index is 0.125. The maximum atomic E-state index is 13.2. The number of carbonyl (C=O) groups excluding carboxylic acids is 2. The van der Waals surface area contributed by atoms with Crippen LogP contribution in [0.3, 0.4) is 0 Å². The number of aromatic amines is 1. The molecule has 1 aromatic heterocycles. The first kappa shape index (κ1) is 24.0. The summed E-state index contributed by atoms with van der Waals surface area (Å²) in [7, 11) is 4.09. The molecule has 0 aliphatic heterocycles. The number of fused-ring (bicyclic) bond motifs is 1. The van der Waals surface area contributed by atoms with Crippen LogP contribution in [0.1, 0.15) is 59.8 Å². The number of aromatic nitrogens is 1. The minimum atomic E-state index is -0.544. The molecule has 0 saturated heterocycles. The van der Waals surface area contributed by atoms with Crippen molar-refractivity contribution in [3.05, 3.63) is 70.9 Å². The average molecular weight is 461 g/mol. The fraction of sp³-hybridized carbons (Fsp3) is 0.429. The van der Waals surface area contributed by atoms with Gasteiger partial charge in [0.05, 0.1) is 0 Å². The Morgan fingerprint density at radius 3 is 2.44 bits per heavy atom. The molecule has 6 heteroatoms. The summed E-state index contributed by atoms with van der Waals surface area (Å²) in [4.78, 5) is 31.7. The molecule has 3 N–H and O–H groups in total. The fourth-order valence-corrected chi connectivity index (χ4v) is 4.51. The third-order valence-electron chi connectivity index (χ3n) is 6.57. The number of carbonyl (C=O) groups is 2. The van der Waals surface area contributed by atoms with Crippen molar-refractivity contribution >= 4 is 22.7 Å². The number of nitrogens with zero attached hydrogens (tertiary/aromatic N) is 1. The van der Waals surface area contributed by atoms with E-state index in [9.17, 15) is 9.59 Å². The predicted molar refractivity (Wildman–Crippen MR) is 137 cm³/mol. The molecule has 6 nitrogen and oxygen atoms in total. The normalized spacial score (nSPS) is 14.4. The van der Waals surface area contributed by atoms with Gasteiger partial charge in [-0.25, -0.2) is 0 Å². The molecule has 0 bridgehead atoms. The quantitative estimate of drug-likeness (QED) is 0.397. The molecule has 2 amide bonds. The van der Waals surface area contributed by atoms with Crippen molar-refractivity contribution in [2.45, 2.75) is 58.2 Å². The molecule has 1 atom stereocenters. The number of rotatable bonds is 11. The number of benzene rings is 2. The van der Waals surface area contributed by atoms with Crippen molar-refractivity contribution in [1.82, 2.24) is 20.5 Å². The van der Waals surface area contributed by atoms with Crippen molar-refractivity contribution in [2.24, 2.45) is 5.92 Å². The lowest BCUT2D eigenvalue weighted by molar-refractivity contribution is -0.123. The summed E-state index contributed by atoms with van der Waals surface area (Å²) in [6.07, 6.45) is 4.82. The summed E-state index contributed by atoms with van der Waals surface area (Å²) in [5.41, 5.74) is 4.78. The molecule has 1 unspecified atom stereocenters. The van der Waals surface area contributed by atoms with Crippen LogP contribution in [0, 0.1) is 5.92 Å². The smallest absolute Gasteiger partial charge is 0.268 e. The highest BCUT2D eigenvalue weighted by Gasteiger charge is 2.28. The monoisotopic (exact) mass is 460 g/mol. The molecule has 180 valence electrons. The van der Waals surface area contributed by atoms with Crippen LogP contribution in [-0.2, 0) is 24.3 Å². The number of aryl methyl sites for hydroxylation is 1. The molecular weight excluding hydrogens is 424 g/mol. The third-order valence-corrected chi connectivity index (χ3v) is 6.57. The number of para-hydroxylation sites is 1. The highest BCUT2D eigenvalue weighted by atomic mass is 16.2. The van der Waals surface area contributed by atoms with Gasteiger partial charge in [0.15, 0.2) is 0 Å². The van der Waals surface area contributed by atoms with Crippen molar-refractivity contribution in [1.29, 1.82) is 0 Å². The van der Waals surface area contributed by atoms with E-state index in [0.29, 0.717) is 24.6 Å². The number of nitrogens with one attached hydrogen (secondary N) is 3. The van der Waals surface area contributed by atoms with Gasteiger partial charge in [-0.1, -0.05) is 62.2 Å². The van der Waals surface area contributed by atoms with Gasteiger partial charge in [-0.15, -0.1) is 0 Å². The number of hydrogen-bond acceptors (Lipinski definition) is 3. The lowest BCUT2D eigenvalue weighted by atomic mass is 10.1. The van der Waals surface area contributed by atoms with Crippen LogP contribution in [-0.4, -0.2) is 41.8 Å². The summed E-state index contributed by atoms with van der Waals surface area (Å²) >= 11 is 0. The summed E-state index contributed by atoms with van der Waals surface area (Å²) in [6, 6.07) is 15.7. The van der Waals surface area contributed by atoms with Crippen LogP contribution in [0.5, 0.6) is 0 Å². The number of hydrogen-bond donors (Lipinski definition) is 3. The van der Waals surface area contributed by atoms with E-state index in [-0.39, 0.29) is 11.8 Å². The Morgan fingerprint density at radius 2 is 1.76 bits per heavy atom. The Kier molecular flexibility index (Phi) is 7.68. The standard InChI is InChI=1S/C28H36N4O2/c1-4-22-23-7-5-6-8-24(23)30-26(22)28(34)31-25(16-15-19-9-10-19)27(33)29-17-20-11-13-21(14-12-20)18-32(2)3/h5-8,11-14,19,25,30H,4,9-10,15-18H2,1-3H3,(H,29,33)(H,31,34). The molecule has 0 radical (unpaired) electrons. The molecule has 4 rings (SSSR count). The fourth-order valence-electron chi connectivity index (χ4n) is 4.51. The van der Waals surface area contributed by atoms with E-state index >= 15 is 0 Å². The zero-order valence-corrected chi connectivity index (χ0v) is 20.5. The maximum absolute atomic E-state index is 13.2. The SMILES string of the molecule is CCc1c(C(=O)NC(CCC2CC2)C(=O)NCc2ccc(CN(C)C)cc2)[nH]c2ccccc12. The summed E-state index contributed by atoms with van der Waals surface area (Å²) in [5, 5.41) is 7.13. The van der Waals surface area contributed by atoms with Gasteiger partial charge in [-0.3, -0.25) is 9.59 Å². The number of amides is 2. The van der Waals surface area contributed by atoms with Gasteiger partial charge in [0, 0.05) is 24.0 Å². The Morgan fingerprint density at radius 1 is 1.06 bits per heavy atom. The lowest BCUT2D eigenvalue weighted by Gasteiger charge is -2.19. The van der Waals surface area contributed by atoms with E-state index in [1.54, 1.807) is 0 Å². The van der Waals surface area contributed by atoms with Crippen molar-refractivity contribution in [3.63, 3.8) is 0 Å². The van der Waals surface area contributed by atoms with Gasteiger partial charge in [0.25, 0.3) is 5.91 Å². The van der Waals surface area contributed by atoms with Crippen molar-refractivity contribution in [2.75, 3.05) is 14.1 Å². The minimum Gasteiger partial charge on any atom is -0.350 e. The first-order valence-electron chi connectivity index (χ1n) is 12.3. The highest BCUT2D eigenvalue weighted by Crippen LogP contribution is 2.34. The Hall–Kier alpha value is -3.12. The van der Waals surface area contributed by atoms with Gasteiger partial charge < -0.3 is 20.5 Å². The summed E-state index contributed by atoms with van der Waals surface area (Å²) < 4.78 is 0. The summed E-state index contributed by atoms with van der Waals surface area (Å²) in [5.74, 6) is 0.355. The van der Waals surface area contributed by atoms with Crippen LogP contribution in [0.25, 0.3) is 10.9 Å². The van der Waals surface area contributed by atoms with Crippen LogP contribution in [0.4, 0.5) is 0 Å². The number of H-pyrrole nitrogens is 1. The Bertz CT molecular complexity index is 1130. The highest BCUT2D eigenvalue weighted by molar-refractivity contribution is 6.02. The third kappa shape index (κ3) is 6.06. The average Bonchev–Trinajstić information content (AvgIpc) is 3.58. The van der Waals surface area contributed by atoms with Gasteiger partial charge >= 0.3 is 0 Å². The second-order valence-electron chi connectivity index (χ2n) is 9.70. The van der Waals surface area contributed by atoms with E-state index in [1.807, 2.05) is 45.3 Å². The first-order chi connectivity index (χ1) is 16.4. The summed E-state index contributed by atoms with van der Waals surface area (Å²) in [6.45, 7) is 3.38. The van der Waals surface area contributed by atoms with E-state index in [1.165, 1.54) is 18.4 Å². The zero-order chi connectivity index (χ0) is 24.1. The molecule has 34 heavy (non-hydrogen) atoms. The van der Waals surface area contributed by atoms with Crippen LogP contribution in [0.15, 0.2) is 48.5 Å². The largest absolute Gasteiger partial charge is 0.350 e. The second-order valence-corrected chi connectivity index (χ2v) is 9.70. The second kappa shape index (κ2) is 10.9. The van der Waals surface area contributed by atoms with Gasteiger partial charge in [-0.05, 0) is 62.0 Å². The maximum Gasteiger partial charge on any atom is 0.268 e. The first-order valence-corrected chi connectivity index (χ1v) is 12.3. The topological polar surface area (TPSA) is 77.2 Å². The molecule has 1 fully saturated rings. The van der Waals surface area contributed by atoms with Gasteiger partial charge in [0.2, 0.25) is 5.91 Å². The van der Waals surface area contributed by atoms with Crippen LogP contribution < -0.4 is 10.6 Å². The lowest BCUT2D eigenvalue weighted by Crippen LogP contribution is -2.46. The van der Waals surface area contributed by atoms with E-state index in [2.05, 4.69) is 44.8 Å². The Balaban J connectivity index is 1.42. The predicted octanol–water partition coefficient (Wildman–Crippen LogP) is 4.40. The van der Waals surface area contributed by atoms with Crippen molar-refractivity contribution < 1.29 is 9.59 Å². The molecule has 1 saturated carbocycles. The zero-order valence-electron chi connectivity index (χ0n) is 20.5. The molecular formula is C28H36N4O2. The van der Waals surface area contributed by atoms with E-state index in [4.69, 9.17) is 0 Å². The van der Waals surface area contributed by atoms with Crippen molar-refractivity contribution in [3.8, 4) is 0 Å². The molecule has 0 spiro atoms. The molecule has 3 aromatic rings. The molecule has 1 aliphatic rings.